The van der Waals surface area contributed by atoms with Crippen molar-refractivity contribution in [2.24, 2.45) is 5.92 Å². The molecule has 8 heteroatoms. The predicted molar refractivity (Wildman–Crippen MR) is 144 cm³/mol. The Morgan fingerprint density at radius 2 is 1.86 bits per heavy atom. The first-order chi connectivity index (χ1) is 17.5. The highest BCUT2D eigenvalue weighted by molar-refractivity contribution is 7.09. The molecule has 1 unspecified atom stereocenters. The second-order valence-electron chi connectivity index (χ2n) is 9.52. The highest BCUT2D eigenvalue weighted by atomic mass is 32.1. The van der Waals surface area contributed by atoms with Crippen LogP contribution in [0.4, 0.5) is 0 Å². The molecule has 0 radical (unpaired) electrons. The van der Waals surface area contributed by atoms with Crippen molar-refractivity contribution in [2.75, 3.05) is 0 Å². The summed E-state index contributed by atoms with van der Waals surface area (Å²) in [4.78, 5) is 19.9. The molecule has 2 aromatic carbocycles. The molecule has 0 fully saturated rings. The summed E-state index contributed by atoms with van der Waals surface area (Å²) in [6.45, 7) is 8.16. The summed E-state index contributed by atoms with van der Waals surface area (Å²) in [5, 5.41) is 16.0. The summed E-state index contributed by atoms with van der Waals surface area (Å²) in [6.07, 6.45) is 0. The van der Waals surface area contributed by atoms with E-state index in [1.54, 1.807) is 11.3 Å². The molecule has 0 saturated carbocycles. The molecule has 0 aliphatic rings. The van der Waals surface area contributed by atoms with Crippen LogP contribution in [0.5, 0.6) is 0 Å². The van der Waals surface area contributed by atoms with E-state index in [-0.39, 0.29) is 17.5 Å². The van der Waals surface area contributed by atoms with Crippen LogP contribution in [0, 0.1) is 12.8 Å². The van der Waals surface area contributed by atoms with Crippen LogP contribution in [0.2, 0.25) is 0 Å². The van der Waals surface area contributed by atoms with Crippen LogP contribution in [-0.4, -0.2) is 30.1 Å². The van der Waals surface area contributed by atoms with Gasteiger partial charge >= 0.3 is 0 Å². The van der Waals surface area contributed by atoms with Crippen molar-refractivity contribution in [3.63, 3.8) is 0 Å². The maximum Gasteiger partial charge on any atom is 0.252 e. The Balaban J connectivity index is 1.54. The number of hydrogen-bond donors (Lipinski definition) is 1. The molecule has 3 heterocycles. The summed E-state index contributed by atoms with van der Waals surface area (Å²) in [5.74, 6) is 1.02. The number of thiophene rings is 1. The number of benzene rings is 2. The molecule has 3 aromatic heterocycles. The van der Waals surface area contributed by atoms with Crippen LogP contribution in [-0.2, 0) is 19.6 Å². The Morgan fingerprint density at radius 3 is 2.61 bits per heavy atom. The second-order valence-corrected chi connectivity index (χ2v) is 10.5. The first kappa shape index (κ1) is 24.1. The molecule has 0 saturated heterocycles. The lowest BCUT2D eigenvalue weighted by Gasteiger charge is -2.33. The average molecular weight is 499 g/mol. The SMILES string of the molecule is Cc1cccc2cc(CN(Cc3cccs3)C(c3nnnn3Cc3ccccc3)C(C)C)c(=O)[nH]c12. The highest BCUT2D eigenvalue weighted by Gasteiger charge is 2.30. The van der Waals surface area contributed by atoms with Crippen molar-refractivity contribution in [1.82, 2.24) is 30.1 Å². The van der Waals surface area contributed by atoms with E-state index in [4.69, 9.17) is 0 Å². The topological polar surface area (TPSA) is 79.7 Å². The van der Waals surface area contributed by atoms with Crippen molar-refractivity contribution < 1.29 is 0 Å². The first-order valence-corrected chi connectivity index (χ1v) is 13.1. The molecular formula is C28H30N6OS. The fraction of sp³-hybridized carbons (Fsp3) is 0.286. The van der Waals surface area contributed by atoms with Crippen molar-refractivity contribution >= 4 is 22.2 Å². The molecule has 7 nitrogen and oxygen atoms in total. The number of nitrogens with one attached hydrogen (secondary N) is 1. The number of fused-ring (bicyclic) bond motifs is 1. The van der Waals surface area contributed by atoms with Crippen molar-refractivity contribution in [3.8, 4) is 0 Å². The molecule has 1 N–H and O–H groups in total. The number of hydrogen-bond acceptors (Lipinski definition) is 6. The van der Waals surface area contributed by atoms with E-state index in [1.807, 2.05) is 54.1 Å². The molecule has 184 valence electrons. The van der Waals surface area contributed by atoms with Crippen molar-refractivity contribution in [2.45, 2.75) is 46.4 Å². The summed E-state index contributed by atoms with van der Waals surface area (Å²) in [6, 6.07) is 22.4. The number of H-pyrrole nitrogens is 1. The van der Waals surface area contributed by atoms with Gasteiger partial charge in [-0.15, -0.1) is 16.4 Å². The predicted octanol–water partition coefficient (Wildman–Crippen LogP) is 5.33. The summed E-state index contributed by atoms with van der Waals surface area (Å²) in [5.41, 5.74) is 3.77. The standard InChI is InChI=1S/C28H30N6OS/c1-19(2)26(27-30-31-32-34(27)16-21-10-5-4-6-11-21)33(18-24-13-8-14-36-24)17-23-15-22-12-7-9-20(3)25(22)29-28(23)35/h4-15,19,26H,16-18H2,1-3H3,(H,29,35). The number of nitrogens with zero attached hydrogens (tertiary/aromatic N) is 5. The first-order valence-electron chi connectivity index (χ1n) is 12.2. The summed E-state index contributed by atoms with van der Waals surface area (Å²) >= 11 is 1.72. The number of pyridine rings is 1. The number of aryl methyl sites for hydroxylation is 1. The molecule has 5 rings (SSSR count). The lowest BCUT2D eigenvalue weighted by molar-refractivity contribution is 0.127. The summed E-state index contributed by atoms with van der Waals surface area (Å²) in [7, 11) is 0. The van der Waals surface area contributed by atoms with E-state index in [1.165, 1.54) is 4.88 Å². The van der Waals surface area contributed by atoms with E-state index in [9.17, 15) is 4.79 Å². The zero-order valence-electron chi connectivity index (χ0n) is 20.8. The second kappa shape index (κ2) is 10.6. The van der Waals surface area contributed by atoms with Gasteiger partial charge in [-0.3, -0.25) is 9.69 Å². The Hall–Kier alpha value is -3.62. The lowest BCUT2D eigenvalue weighted by Crippen LogP contribution is -2.35. The van der Waals surface area contributed by atoms with Crippen molar-refractivity contribution in [1.29, 1.82) is 0 Å². The third-order valence-electron chi connectivity index (χ3n) is 6.50. The van der Waals surface area contributed by atoms with Gasteiger partial charge in [-0.05, 0) is 57.3 Å². The van der Waals surface area contributed by atoms with Crippen LogP contribution in [0.15, 0.2) is 76.9 Å². The minimum atomic E-state index is -0.0848. The van der Waals surface area contributed by atoms with Gasteiger partial charge in [-0.1, -0.05) is 68.4 Å². The molecule has 0 spiro atoms. The van der Waals surface area contributed by atoms with Crippen LogP contribution in [0.3, 0.4) is 0 Å². The Bertz CT molecular complexity index is 1490. The largest absolute Gasteiger partial charge is 0.321 e. The third-order valence-corrected chi connectivity index (χ3v) is 7.36. The fourth-order valence-corrected chi connectivity index (χ4v) is 5.52. The number of rotatable bonds is 9. The molecule has 36 heavy (non-hydrogen) atoms. The van der Waals surface area contributed by atoms with Gasteiger partial charge in [0.05, 0.1) is 18.1 Å². The van der Waals surface area contributed by atoms with Crippen molar-refractivity contribution in [3.05, 3.63) is 110 Å². The number of para-hydroxylation sites is 1. The van der Waals surface area contributed by atoms with E-state index in [0.717, 1.165) is 33.4 Å². The monoisotopic (exact) mass is 498 g/mol. The fourth-order valence-electron chi connectivity index (χ4n) is 4.80. The summed E-state index contributed by atoms with van der Waals surface area (Å²) < 4.78 is 1.88. The van der Waals surface area contributed by atoms with Crippen LogP contribution >= 0.6 is 11.3 Å². The van der Waals surface area contributed by atoms with Crippen LogP contribution in [0.1, 0.15) is 47.3 Å². The van der Waals surface area contributed by atoms with Gasteiger partial charge in [-0.25, -0.2) is 4.68 Å². The number of tetrazole rings is 1. The minimum absolute atomic E-state index is 0.0561. The van der Waals surface area contributed by atoms with Gasteiger partial charge in [0.25, 0.3) is 5.56 Å². The Labute approximate surface area is 214 Å². The average Bonchev–Trinajstić information content (AvgIpc) is 3.53. The van der Waals surface area contributed by atoms with E-state index >= 15 is 0 Å². The molecule has 0 amide bonds. The normalized spacial score (nSPS) is 12.6. The minimum Gasteiger partial charge on any atom is -0.321 e. The van der Waals surface area contributed by atoms with Gasteiger partial charge in [0.2, 0.25) is 0 Å². The van der Waals surface area contributed by atoms with Gasteiger partial charge in [0.1, 0.15) is 0 Å². The zero-order valence-corrected chi connectivity index (χ0v) is 21.6. The number of aromatic nitrogens is 5. The maximum atomic E-state index is 13.2. The van der Waals surface area contributed by atoms with Gasteiger partial charge < -0.3 is 4.98 Å². The van der Waals surface area contributed by atoms with Crippen LogP contribution < -0.4 is 5.56 Å². The molecule has 5 aromatic rings. The zero-order chi connectivity index (χ0) is 25.1. The van der Waals surface area contributed by atoms with E-state index < -0.39 is 0 Å². The van der Waals surface area contributed by atoms with Gasteiger partial charge in [0.15, 0.2) is 5.82 Å². The molecule has 0 bridgehead atoms. The molecule has 1 atom stereocenters. The van der Waals surface area contributed by atoms with Gasteiger partial charge in [0, 0.05) is 23.5 Å². The van der Waals surface area contributed by atoms with Gasteiger partial charge in [-0.2, -0.15) is 0 Å². The highest BCUT2D eigenvalue weighted by Crippen LogP contribution is 2.31. The molecule has 0 aliphatic heterocycles. The molecular weight excluding hydrogens is 468 g/mol. The molecule has 0 aliphatic carbocycles. The number of aromatic amines is 1. The van der Waals surface area contributed by atoms with E-state index in [0.29, 0.717) is 19.6 Å². The maximum absolute atomic E-state index is 13.2. The van der Waals surface area contributed by atoms with E-state index in [2.05, 4.69) is 68.9 Å². The Kier molecular flexibility index (Phi) is 7.06. The lowest BCUT2D eigenvalue weighted by atomic mass is 10.00. The third kappa shape index (κ3) is 5.15. The van der Waals surface area contributed by atoms with Crippen LogP contribution in [0.25, 0.3) is 10.9 Å². The Morgan fingerprint density at radius 1 is 1.03 bits per heavy atom. The smallest absolute Gasteiger partial charge is 0.252 e. The quantitative estimate of drug-likeness (QED) is 0.297.